The third-order valence-electron chi connectivity index (χ3n) is 9.95. The number of nitrogens with zero attached hydrogens (tertiary/aromatic N) is 1. The van der Waals surface area contributed by atoms with Crippen LogP contribution >= 0.6 is 0 Å². The number of nitrogen functional groups attached to an aromatic ring is 1. The van der Waals surface area contributed by atoms with Gasteiger partial charge in [0.15, 0.2) is 0 Å². The number of hydrogen-bond donors (Lipinski definition) is 5. The van der Waals surface area contributed by atoms with Gasteiger partial charge in [0, 0.05) is 31.1 Å². The van der Waals surface area contributed by atoms with Gasteiger partial charge < -0.3 is 36.4 Å². The summed E-state index contributed by atoms with van der Waals surface area (Å²) in [7, 11) is 0. The molecule has 2 aliphatic rings. The van der Waals surface area contributed by atoms with Gasteiger partial charge in [0.1, 0.15) is 24.4 Å². The monoisotopic (exact) mass is 705 g/mol. The van der Waals surface area contributed by atoms with Crippen molar-refractivity contribution in [3.05, 3.63) is 59.7 Å². The standard InChI is InChI=1S/C40H59N5O6/c1-25(2)18-33(39(49)43-32(19-28-12-8-6-9-13-28)36(47)22-38(48)42-23-26(3)4)44-40(50)34(20-29-14-10-7-11-15-29)45(27(5)46)35-24-51-37-17-16-30(41)21-31(35)37/h7,10-11,14-17,21,25-26,28,32-36,47H,6,8-9,12-13,18-20,22-24,41H2,1-5H3,(H,42,48)(H,43,49)(H,44,50)/t32?,33-,34-,35?,36?/m0/s1. The van der Waals surface area contributed by atoms with Crippen molar-refractivity contribution in [1.82, 2.24) is 20.9 Å². The maximum atomic E-state index is 14.5. The Bertz CT molecular complexity index is 1460. The number of rotatable bonds is 17. The number of carbonyl (C=O) groups is 4. The Morgan fingerprint density at radius 3 is 2.29 bits per heavy atom. The highest BCUT2D eigenvalue weighted by Crippen LogP contribution is 2.39. The van der Waals surface area contributed by atoms with Crippen molar-refractivity contribution in [3.8, 4) is 5.75 Å². The second kappa shape index (κ2) is 18.9. The third-order valence-corrected chi connectivity index (χ3v) is 9.95. The Morgan fingerprint density at radius 2 is 1.65 bits per heavy atom. The summed E-state index contributed by atoms with van der Waals surface area (Å²) in [5, 5.41) is 20.3. The molecule has 2 aromatic carbocycles. The highest BCUT2D eigenvalue weighted by Gasteiger charge is 2.40. The highest BCUT2D eigenvalue weighted by atomic mass is 16.5. The molecule has 0 saturated heterocycles. The summed E-state index contributed by atoms with van der Waals surface area (Å²) in [6.45, 7) is 10.0. The minimum absolute atomic E-state index is 0.0409. The van der Waals surface area contributed by atoms with E-state index in [9.17, 15) is 24.3 Å². The normalized spacial score (nSPS) is 18.2. The lowest BCUT2D eigenvalue weighted by atomic mass is 9.83. The molecular weight excluding hydrogens is 646 g/mol. The second-order valence-corrected chi connectivity index (χ2v) is 15.3. The molecule has 0 bridgehead atoms. The van der Waals surface area contributed by atoms with Gasteiger partial charge >= 0.3 is 0 Å². The summed E-state index contributed by atoms with van der Waals surface area (Å²) in [6, 6.07) is 11.6. The maximum absolute atomic E-state index is 14.5. The first-order valence-electron chi connectivity index (χ1n) is 18.7. The van der Waals surface area contributed by atoms with Crippen molar-refractivity contribution in [2.24, 2.45) is 17.8 Å². The first-order valence-corrected chi connectivity index (χ1v) is 18.7. The third kappa shape index (κ3) is 11.7. The van der Waals surface area contributed by atoms with E-state index in [0.29, 0.717) is 36.7 Å². The fraction of sp³-hybridized carbons (Fsp3) is 0.600. The average molecular weight is 706 g/mol. The molecule has 11 nitrogen and oxygen atoms in total. The summed E-state index contributed by atoms with van der Waals surface area (Å²) in [5.74, 6) is -0.233. The van der Waals surface area contributed by atoms with Gasteiger partial charge in [0.25, 0.3) is 0 Å². The van der Waals surface area contributed by atoms with Crippen LogP contribution in [0.25, 0.3) is 0 Å². The van der Waals surface area contributed by atoms with Crippen LogP contribution in [0, 0.1) is 17.8 Å². The molecule has 0 spiro atoms. The minimum Gasteiger partial charge on any atom is -0.491 e. The van der Waals surface area contributed by atoms with Gasteiger partial charge in [-0.25, -0.2) is 0 Å². The topological polar surface area (TPSA) is 163 Å². The number of aliphatic hydroxyl groups excluding tert-OH is 1. The van der Waals surface area contributed by atoms with Crippen LogP contribution in [0.3, 0.4) is 0 Å². The first-order chi connectivity index (χ1) is 24.3. The molecule has 0 radical (unpaired) electrons. The average Bonchev–Trinajstić information content (AvgIpc) is 3.49. The lowest BCUT2D eigenvalue weighted by molar-refractivity contribution is -0.143. The van der Waals surface area contributed by atoms with E-state index in [1.807, 2.05) is 58.0 Å². The SMILES string of the molecule is CC(=O)N(C1COc2ccc(N)cc21)[C@@H](Cc1ccccc1)C(=O)N[C@@H](CC(C)C)C(=O)NC(CC1CCCCC1)C(O)CC(=O)NCC(C)C. The lowest BCUT2D eigenvalue weighted by Crippen LogP contribution is -2.58. The number of ether oxygens (including phenoxy) is 1. The summed E-state index contributed by atoms with van der Waals surface area (Å²) in [5.41, 5.74) is 8.23. The summed E-state index contributed by atoms with van der Waals surface area (Å²) < 4.78 is 5.93. The van der Waals surface area contributed by atoms with Crippen LogP contribution in [-0.4, -0.2) is 71.0 Å². The van der Waals surface area contributed by atoms with Crippen molar-refractivity contribution in [3.63, 3.8) is 0 Å². The Kier molecular flexibility index (Phi) is 14.7. The van der Waals surface area contributed by atoms with E-state index in [0.717, 1.165) is 36.8 Å². The number of anilines is 1. The molecule has 51 heavy (non-hydrogen) atoms. The smallest absolute Gasteiger partial charge is 0.243 e. The van der Waals surface area contributed by atoms with Crippen LogP contribution < -0.4 is 26.4 Å². The van der Waals surface area contributed by atoms with Crippen molar-refractivity contribution < 1.29 is 29.0 Å². The van der Waals surface area contributed by atoms with Crippen LogP contribution in [0.5, 0.6) is 5.75 Å². The van der Waals surface area contributed by atoms with Crippen LogP contribution in [0.1, 0.15) is 103 Å². The molecule has 2 aromatic rings. The van der Waals surface area contributed by atoms with E-state index < -0.39 is 42.1 Å². The van der Waals surface area contributed by atoms with Gasteiger partial charge in [-0.05, 0) is 54.4 Å². The molecule has 6 N–H and O–H groups in total. The molecule has 1 saturated carbocycles. The van der Waals surface area contributed by atoms with Gasteiger partial charge in [-0.15, -0.1) is 0 Å². The number of hydrogen-bond acceptors (Lipinski definition) is 7. The molecule has 3 unspecified atom stereocenters. The molecule has 280 valence electrons. The Balaban J connectivity index is 1.60. The molecule has 0 aromatic heterocycles. The fourth-order valence-corrected chi connectivity index (χ4v) is 7.33. The summed E-state index contributed by atoms with van der Waals surface area (Å²) in [4.78, 5) is 56.4. The number of fused-ring (bicyclic) bond motifs is 1. The van der Waals surface area contributed by atoms with Crippen LogP contribution in [0.2, 0.25) is 0 Å². The zero-order valence-electron chi connectivity index (χ0n) is 31.0. The van der Waals surface area contributed by atoms with Crippen LogP contribution in [0.4, 0.5) is 5.69 Å². The van der Waals surface area contributed by atoms with E-state index >= 15 is 0 Å². The number of nitrogens with one attached hydrogen (secondary N) is 3. The van der Waals surface area contributed by atoms with Gasteiger partial charge in [-0.2, -0.15) is 0 Å². The maximum Gasteiger partial charge on any atom is 0.243 e. The molecule has 11 heteroatoms. The first kappa shape index (κ1) is 39.7. The number of carbonyl (C=O) groups excluding carboxylic acids is 4. The van der Waals surface area contributed by atoms with Gasteiger partial charge in [0.2, 0.25) is 23.6 Å². The lowest BCUT2D eigenvalue weighted by Gasteiger charge is -2.36. The number of nitrogens with two attached hydrogens (primary N) is 1. The predicted molar refractivity (Wildman–Crippen MR) is 199 cm³/mol. The molecule has 5 atom stereocenters. The second-order valence-electron chi connectivity index (χ2n) is 15.3. The summed E-state index contributed by atoms with van der Waals surface area (Å²) in [6.07, 6.45) is 5.25. The van der Waals surface area contributed by atoms with Crippen LogP contribution in [-0.2, 0) is 25.6 Å². The van der Waals surface area contributed by atoms with Gasteiger partial charge in [-0.1, -0.05) is 90.1 Å². The van der Waals surface area contributed by atoms with E-state index in [4.69, 9.17) is 10.5 Å². The molecule has 1 aliphatic heterocycles. The Labute approximate surface area is 303 Å². The van der Waals surface area contributed by atoms with E-state index in [-0.39, 0.29) is 43.1 Å². The molecule has 1 heterocycles. The predicted octanol–water partition coefficient (Wildman–Crippen LogP) is 4.67. The number of benzene rings is 2. The molecule has 4 rings (SSSR count). The van der Waals surface area contributed by atoms with Crippen LogP contribution in [0.15, 0.2) is 48.5 Å². The Hall–Kier alpha value is -4.12. The van der Waals surface area contributed by atoms with Crippen molar-refractivity contribution in [2.45, 2.75) is 123 Å². The zero-order valence-corrected chi connectivity index (χ0v) is 31.0. The molecule has 4 amide bonds. The van der Waals surface area contributed by atoms with E-state index in [2.05, 4.69) is 16.0 Å². The van der Waals surface area contributed by atoms with Crippen molar-refractivity contribution in [2.75, 3.05) is 18.9 Å². The molecular formula is C40H59N5O6. The fourth-order valence-electron chi connectivity index (χ4n) is 7.33. The minimum atomic E-state index is -1.09. The van der Waals surface area contributed by atoms with E-state index in [1.54, 1.807) is 23.1 Å². The quantitative estimate of drug-likeness (QED) is 0.149. The molecule has 1 aliphatic carbocycles. The number of aliphatic hydroxyl groups is 1. The molecule has 1 fully saturated rings. The van der Waals surface area contributed by atoms with Gasteiger partial charge in [-0.3, -0.25) is 19.2 Å². The van der Waals surface area contributed by atoms with E-state index in [1.165, 1.54) is 13.3 Å². The van der Waals surface area contributed by atoms with Gasteiger partial charge in [0.05, 0.1) is 24.6 Å². The van der Waals surface area contributed by atoms with Crippen molar-refractivity contribution in [1.29, 1.82) is 0 Å². The number of amides is 4. The summed E-state index contributed by atoms with van der Waals surface area (Å²) >= 11 is 0. The zero-order chi connectivity index (χ0) is 37.1. The highest BCUT2D eigenvalue weighted by molar-refractivity contribution is 5.92. The largest absolute Gasteiger partial charge is 0.491 e. The Morgan fingerprint density at radius 1 is 0.941 bits per heavy atom. The van der Waals surface area contributed by atoms with Crippen molar-refractivity contribution >= 4 is 29.3 Å².